The number of oxime groups is 1. The largest absolute Gasteiger partial charge is 0.399 e. The fraction of sp³-hybridized carbons (Fsp3) is 0.389. The number of sulfone groups is 1. The summed E-state index contributed by atoms with van der Waals surface area (Å²) in [5.41, 5.74) is 2.17. The molecule has 2 aromatic rings. The monoisotopic (exact) mass is 391 g/mol. The minimum Gasteiger partial charge on any atom is -0.399 e. The zero-order valence-corrected chi connectivity index (χ0v) is 16.7. The van der Waals surface area contributed by atoms with Crippen LogP contribution < -0.4 is 5.56 Å². The number of nitrogens with one attached hydrogen (secondary N) is 1. The summed E-state index contributed by atoms with van der Waals surface area (Å²) in [5, 5.41) is 6.78. The molecule has 0 spiro atoms. The van der Waals surface area contributed by atoms with Gasteiger partial charge in [0, 0.05) is 30.3 Å². The van der Waals surface area contributed by atoms with Gasteiger partial charge >= 0.3 is 0 Å². The lowest BCUT2D eigenvalue weighted by Crippen LogP contribution is -2.27. The van der Waals surface area contributed by atoms with Crippen LogP contribution in [0.1, 0.15) is 44.7 Å². The van der Waals surface area contributed by atoms with Crippen molar-refractivity contribution < 1.29 is 18.0 Å². The van der Waals surface area contributed by atoms with Gasteiger partial charge in [0.25, 0.3) is 5.56 Å². The number of benzene rings is 1. The summed E-state index contributed by atoms with van der Waals surface area (Å²) < 4.78 is 26.5. The highest BCUT2D eigenvalue weighted by Gasteiger charge is 2.34. The number of ketones is 1. The van der Waals surface area contributed by atoms with E-state index in [2.05, 4.69) is 10.3 Å². The Labute approximate surface area is 156 Å². The number of H-pyrrole nitrogens is 1. The zero-order valence-electron chi connectivity index (χ0n) is 15.8. The van der Waals surface area contributed by atoms with Crippen molar-refractivity contribution in [2.45, 2.75) is 32.1 Å². The fourth-order valence-electron chi connectivity index (χ4n) is 3.62. The lowest BCUT2D eigenvalue weighted by atomic mass is 9.90. The number of aryl methyl sites for hydroxylation is 3. The average molecular weight is 391 g/mol. The van der Waals surface area contributed by atoms with Gasteiger partial charge in [0.05, 0.1) is 16.4 Å². The molecule has 8 nitrogen and oxygen atoms in total. The van der Waals surface area contributed by atoms with Crippen LogP contribution in [-0.2, 0) is 21.7 Å². The first-order valence-corrected chi connectivity index (χ1v) is 10.0. The molecule has 2 heterocycles. The first-order chi connectivity index (χ1) is 12.6. The third-order valence-corrected chi connectivity index (χ3v) is 6.72. The Hall–Kier alpha value is -2.68. The SMILES string of the molecule is CO/N=C1\CCS(=O)(=O)c2c(C)cc(C(=O)c3c(C)[nH]n(C)c3=O)c(C)c21. The highest BCUT2D eigenvalue weighted by atomic mass is 32.2. The highest BCUT2D eigenvalue weighted by Crippen LogP contribution is 2.34. The normalized spacial score (nSPS) is 17.0. The third kappa shape index (κ3) is 2.91. The zero-order chi connectivity index (χ0) is 20.1. The molecule has 0 fully saturated rings. The van der Waals surface area contributed by atoms with Crippen LogP contribution in [0.3, 0.4) is 0 Å². The van der Waals surface area contributed by atoms with Gasteiger partial charge in [-0.1, -0.05) is 5.16 Å². The lowest BCUT2D eigenvalue weighted by molar-refractivity contribution is 0.103. The Morgan fingerprint density at radius 3 is 2.52 bits per heavy atom. The molecule has 0 saturated carbocycles. The van der Waals surface area contributed by atoms with E-state index in [-0.39, 0.29) is 28.2 Å². The molecule has 0 aliphatic carbocycles. The summed E-state index contributed by atoms with van der Waals surface area (Å²) in [6, 6.07) is 1.54. The summed E-state index contributed by atoms with van der Waals surface area (Å²) in [6.07, 6.45) is 0.200. The molecule has 3 rings (SSSR count). The van der Waals surface area contributed by atoms with Crippen LogP contribution in [-0.4, -0.2) is 42.6 Å². The molecular formula is C18H21N3O5S. The maximum Gasteiger partial charge on any atom is 0.277 e. The summed E-state index contributed by atoms with van der Waals surface area (Å²) in [7, 11) is -0.562. The summed E-state index contributed by atoms with van der Waals surface area (Å²) in [6.45, 7) is 4.96. The van der Waals surface area contributed by atoms with E-state index >= 15 is 0 Å². The Morgan fingerprint density at radius 2 is 1.96 bits per heavy atom. The number of carbonyl (C=O) groups excluding carboxylic acids is 1. The molecule has 0 radical (unpaired) electrons. The van der Waals surface area contributed by atoms with Crippen molar-refractivity contribution >= 4 is 21.3 Å². The number of hydrogen-bond donors (Lipinski definition) is 1. The van der Waals surface area contributed by atoms with Crippen LogP contribution in [0.2, 0.25) is 0 Å². The molecule has 1 aromatic heterocycles. The van der Waals surface area contributed by atoms with Gasteiger partial charge < -0.3 is 4.84 Å². The number of fused-ring (bicyclic) bond motifs is 1. The number of nitrogens with zero attached hydrogens (tertiary/aromatic N) is 2. The minimum absolute atomic E-state index is 0.0452. The van der Waals surface area contributed by atoms with Gasteiger partial charge in [0.2, 0.25) is 5.78 Å². The number of aromatic nitrogens is 2. The predicted molar refractivity (Wildman–Crippen MR) is 100 cm³/mol. The van der Waals surface area contributed by atoms with Gasteiger partial charge in [-0.15, -0.1) is 0 Å². The number of hydrogen-bond acceptors (Lipinski definition) is 6. The van der Waals surface area contributed by atoms with Gasteiger partial charge in [-0.25, -0.2) is 8.42 Å². The Morgan fingerprint density at radius 1 is 1.30 bits per heavy atom. The maximum absolute atomic E-state index is 13.1. The van der Waals surface area contributed by atoms with Crippen molar-refractivity contribution in [2.75, 3.05) is 12.9 Å². The van der Waals surface area contributed by atoms with Crippen LogP contribution >= 0.6 is 0 Å². The maximum atomic E-state index is 13.1. The van der Waals surface area contributed by atoms with Crippen LogP contribution in [0, 0.1) is 20.8 Å². The molecule has 0 bridgehead atoms. The molecule has 9 heteroatoms. The second-order valence-electron chi connectivity index (χ2n) is 6.66. The van der Waals surface area contributed by atoms with E-state index in [9.17, 15) is 18.0 Å². The van der Waals surface area contributed by atoms with E-state index in [4.69, 9.17) is 4.84 Å². The standard InChI is InChI=1S/C18H21N3O5S/c1-9-8-12(16(22)15-11(3)19-21(4)18(15)23)10(2)14-13(20-26-5)6-7-27(24,25)17(9)14/h8,19H,6-7H2,1-5H3/b20-13+. The molecule has 1 N–H and O–H groups in total. The minimum atomic E-state index is -3.49. The van der Waals surface area contributed by atoms with Gasteiger partial charge in [-0.05, 0) is 38.0 Å². The van der Waals surface area contributed by atoms with Crippen LogP contribution in [0.5, 0.6) is 0 Å². The third-order valence-electron chi connectivity index (χ3n) is 4.83. The van der Waals surface area contributed by atoms with E-state index in [1.807, 2.05) is 0 Å². The van der Waals surface area contributed by atoms with E-state index < -0.39 is 21.2 Å². The summed E-state index contributed by atoms with van der Waals surface area (Å²) in [4.78, 5) is 30.5. The van der Waals surface area contributed by atoms with Crippen molar-refractivity contribution in [1.82, 2.24) is 9.78 Å². The Balaban J connectivity index is 2.34. The smallest absolute Gasteiger partial charge is 0.277 e. The molecule has 0 unspecified atom stereocenters. The van der Waals surface area contributed by atoms with Crippen LogP contribution in [0.15, 0.2) is 20.9 Å². The van der Waals surface area contributed by atoms with E-state index in [0.717, 1.165) is 0 Å². The van der Waals surface area contributed by atoms with E-state index in [1.165, 1.54) is 24.9 Å². The van der Waals surface area contributed by atoms with Gasteiger partial charge in [-0.3, -0.25) is 19.4 Å². The van der Waals surface area contributed by atoms with Gasteiger partial charge in [0.15, 0.2) is 9.84 Å². The van der Waals surface area contributed by atoms with Crippen molar-refractivity contribution in [3.05, 3.63) is 49.9 Å². The topological polar surface area (TPSA) is 111 Å². The molecule has 1 aliphatic rings. The van der Waals surface area contributed by atoms with Crippen molar-refractivity contribution in [1.29, 1.82) is 0 Å². The first-order valence-electron chi connectivity index (χ1n) is 8.37. The molecule has 144 valence electrons. The molecular weight excluding hydrogens is 370 g/mol. The molecule has 0 amide bonds. The number of rotatable bonds is 3. The van der Waals surface area contributed by atoms with Gasteiger partial charge in [-0.2, -0.15) is 0 Å². The fourth-order valence-corrected chi connectivity index (χ4v) is 5.42. The predicted octanol–water partition coefficient (Wildman–Crippen LogP) is 1.40. The average Bonchev–Trinajstić information content (AvgIpc) is 2.84. The number of carbonyl (C=O) groups is 1. The highest BCUT2D eigenvalue weighted by molar-refractivity contribution is 7.91. The Bertz CT molecular complexity index is 1150. The summed E-state index contributed by atoms with van der Waals surface area (Å²) >= 11 is 0. The summed E-state index contributed by atoms with van der Waals surface area (Å²) in [5.74, 6) is -0.509. The second-order valence-corrected chi connectivity index (χ2v) is 8.71. The van der Waals surface area contributed by atoms with E-state index in [1.54, 1.807) is 20.8 Å². The quantitative estimate of drug-likeness (QED) is 0.628. The first kappa shape index (κ1) is 19.1. The van der Waals surface area contributed by atoms with E-state index in [0.29, 0.717) is 28.1 Å². The Kier molecular flexibility index (Phi) is 4.59. The van der Waals surface area contributed by atoms with Crippen molar-refractivity contribution in [2.24, 2.45) is 12.2 Å². The lowest BCUT2D eigenvalue weighted by Gasteiger charge is -2.23. The molecule has 0 atom stereocenters. The van der Waals surface area contributed by atoms with Gasteiger partial charge in [0.1, 0.15) is 12.7 Å². The van der Waals surface area contributed by atoms with Crippen LogP contribution in [0.25, 0.3) is 0 Å². The second kappa shape index (κ2) is 6.49. The van der Waals surface area contributed by atoms with Crippen LogP contribution in [0.4, 0.5) is 0 Å². The molecule has 1 aliphatic heterocycles. The van der Waals surface area contributed by atoms with Crippen molar-refractivity contribution in [3.63, 3.8) is 0 Å². The molecule has 1 aromatic carbocycles. The number of aromatic amines is 1. The molecule has 27 heavy (non-hydrogen) atoms. The van der Waals surface area contributed by atoms with Crippen molar-refractivity contribution in [3.8, 4) is 0 Å². The molecule has 0 saturated heterocycles.